The summed E-state index contributed by atoms with van der Waals surface area (Å²) in [6, 6.07) is 4.27. The van der Waals surface area contributed by atoms with Gasteiger partial charge in [-0.3, -0.25) is 14.9 Å². The number of carbonyl (C=O) groups excluding carboxylic acids is 2. The maximum Gasteiger partial charge on any atom is 0.249 e. The Bertz CT molecular complexity index is 514. The lowest BCUT2D eigenvalue weighted by Crippen LogP contribution is -2.47. The molecule has 4 nitrogen and oxygen atoms in total. The minimum atomic E-state index is -0.442. The number of benzene rings is 1. The van der Waals surface area contributed by atoms with Crippen molar-refractivity contribution in [1.29, 1.82) is 0 Å². The van der Waals surface area contributed by atoms with Gasteiger partial charge >= 0.3 is 0 Å². The fourth-order valence-corrected chi connectivity index (χ4v) is 2.11. The molecule has 1 fully saturated rings. The van der Waals surface area contributed by atoms with Crippen LogP contribution in [0.3, 0.4) is 0 Å². The van der Waals surface area contributed by atoms with E-state index in [1.807, 2.05) is 13.8 Å². The summed E-state index contributed by atoms with van der Waals surface area (Å²) in [6.45, 7) is 3.82. The van der Waals surface area contributed by atoms with Crippen molar-refractivity contribution in [1.82, 2.24) is 5.32 Å². The zero-order chi connectivity index (χ0) is 14.0. The summed E-state index contributed by atoms with van der Waals surface area (Å²) in [7, 11) is 0. The topological polar surface area (TPSA) is 58.2 Å². The van der Waals surface area contributed by atoms with Gasteiger partial charge in [-0.25, -0.2) is 4.39 Å². The smallest absolute Gasteiger partial charge is 0.249 e. The van der Waals surface area contributed by atoms with E-state index in [1.165, 1.54) is 6.07 Å². The van der Waals surface area contributed by atoms with E-state index in [0.717, 1.165) is 0 Å². The summed E-state index contributed by atoms with van der Waals surface area (Å²) in [4.78, 5) is 22.7. The van der Waals surface area contributed by atoms with Gasteiger partial charge in [-0.1, -0.05) is 13.8 Å². The fourth-order valence-electron chi connectivity index (χ4n) is 2.11. The Hall–Kier alpha value is -1.91. The van der Waals surface area contributed by atoms with Crippen molar-refractivity contribution in [2.45, 2.75) is 38.6 Å². The quantitative estimate of drug-likeness (QED) is 0.823. The number of hydrogen-bond acceptors (Lipinski definition) is 3. The van der Waals surface area contributed by atoms with E-state index in [0.29, 0.717) is 24.1 Å². The highest BCUT2D eigenvalue weighted by molar-refractivity contribution is 6.01. The van der Waals surface area contributed by atoms with Crippen molar-refractivity contribution in [3.63, 3.8) is 0 Å². The molecule has 2 amide bonds. The molecule has 5 heteroatoms. The summed E-state index contributed by atoms with van der Waals surface area (Å²) in [5.74, 6) is -0.746. The average molecular weight is 264 g/mol. The molecule has 1 saturated heterocycles. The third-order valence-corrected chi connectivity index (χ3v) is 3.20. The molecule has 1 aliphatic rings. The van der Waals surface area contributed by atoms with Crippen LogP contribution in [0.5, 0.6) is 0 Å². The van der Waals surface area contributed by atoms with Crippen LogP contribution in [0.4, 0.5) is 10.1 Å². The standard InChI is InChI=1S/C14H17FN2O2/c1-8(2)10-7-9(3-4-11(10)15)16-12-5-6-13(18)17-14(12)19/h3-4,7-8,12,16H,5-6H2,1-2H3,(H,17,18,19)/t12-/m0/s1. The van der Waals surface area contributed by atoms with Crippen LogP contribution in [0.2, 0.25) is 0 Å². The predicted octanol–water partition coefficient (Wildman–Crippen LogP) is 2.17. The molecule has 0 aromatic heterocycles. The van der Waals surface area contributed by atoms with Crippen molar-refractivity contribution < 1.29 is 14.0 Å². The Morgan fingerprint density at radius 3 is 2.74 bits per heavy atom. The van der Waals surface area contributed by atoms with Crippen LogP contribution in [-0.2, 0) is 9.59 Å². The first-order valence-corrected chi connectivity index (χ1v) is 6.37. The molecular formula is C14H17FN2O2. The van der Waals surface area contributed by atoms with Gasteiger partial charge in [0.05, 0.1) is 0 Å². The summed E-state index contributed by atoms with van der Waals surface area (Å²) < 4.78 is 13.6. The van der Waals surface area contributed by atoms with E-state index in [-0.39, 0.29) is 23.5 Å². The van der Waals surface area contributed by atoms with Crippen molar-refractivity contribution in [3.05, 3.63) is 29.6 Å². The van der Waals surface area contributed by atoms with E-state index < -0.39 is 6.04 Å². The first kappa shape index (κ1) is 13.5. The second kappa shape index (κ2) is 5.38. The molecule has 0 bridgehead atoms. The van der Waals surface area contributed by atoms with Crippen LogP contribution in [0.15, 0.2) is 18.2 Å². The zero-order valence-corrected chi connectivity index (χ0v) is 11.0. The highest BCUT2D eigenvalue weighted by Gasteiger charge is 2.26. The van der Waals surface area contributed by atoms with Crippen molar-refractivity contribution >= 4 is 17.5 Å². The van der Waals surface area contributed by atoms with Gasteiger partial charge in [0.1, 0.15) is 11.9 Å². The third-order valence-electron chi connectivity index (χ3n) is 3.20. The Kier molecular flexibility index (Phi) is 3.83. The van der Waals surface area contributed by atoms with E-state index >= 15 is 0 Å². The molecule has 0 saturated carbocycles. The Morgan fingerprint density at radius 1 is 1.37 bits per heavy atom. The molecule has 2 N–H and O–H groups in total. The highest BCUT2D eigenvalue weighted by Crippen LogP contribution is 2.23. The lowest BCUT2D eigenvalue weighted by molar-refractivity contribution is -0.133. The molecular weight excluding hydrogens is 247 g/mol. The summed E-state index contributed by atoms with van der Waals surface area (Å²) in [5.41, 5.74) is 1.30. The molecule has 0 unspecified atom stereocenters. The van der Waals surface area contributed by atoms with Gasteiger partial charge in [-0.05, 0) is 36.1 Å². The number of anilines is 1. The molecule has 2 rings (SSSR count). The minimum absolute atomic E-state index is 0.0727. The van der Waals surface area contributed by atoms with Crippen LogP contribution in [0, 0.1) is 5.82 Å². The summed E-state index contributed by atoms with van der Waals surface area (Å²) >= 11 is 0. The van der Waals surface area contributed by atoms with E-state index in [4.69, 9.17) is 0 Å². The molecule has 0 radical (unpaired) electrons. The van der Waals surface area contributed by atoms with Gasteiger partial charge in [0.15, 0.2) is 0 Å². The highest BCUT2D eigenvalue weighted by atomic mass is 19.1. The van der Waals surface area contributed by atoms with E-state index in [2.05, 4.69) is 10.6 Å². The fraction of sp³-hybridized carbons (Fsp3) is 0.429. The number of carbonyl (C=O) groups is 2. The van der Waals surface area contributed by atoms with Gasteiger partial charge < -0.3 is 5.32 Å². The Balaban J connectivity index is 2.13. The largest absolute Gasteiger partial charge is 0.374 e. The van der Waals surface area contributed by atoms with Crippen LogP contribution in [-0.4, -0.2) is 17.9 Å². The molecule has 19 heavy (non-hydrogen) atoms. The predicted molar refractivity (Wildman–Crippen MR) is 70.3 cm³/mol. The third kappa shape index (κ3) is 3.10. The second-order valence-electron chi connectivity index (χ2n) is 5.04. The molecule has 1 aromatic rings. The number of amides is 2. The molecule has 0 spiro atoms. The van der Waals surface area contributed by atoms with Crippen molar-refractivity contribution in [2.24, 2.45) is 0 Å². The monoisotopic (exact) mass is 264 g/mol. The normalized spacial score (nSPS) is 19.5. The van der Waals surface area contributed by atoms with Crippen molar-refractivity contribution in [3.8, 4) is 0 Å². The molecule has 1 heterocycles. The summed E-state index contributed by atoms with van der Waals surface area (Å²) in [6.07, 6.45) is 0.778. The van der Waals surface area contributed by atoms with Gasteiger partial charge in [-0.15, -0.1) is 0 Å². The van der Waals surface area contributed by atoms with Crippen LogP contribution in [0.1, 0.15) is 38.2 Å². The van der Waals surface area contributed by atoms with Gasteiger partial charge in [0.2, 0.25) is 11.8 Å². The Morgan fingerprint density at radius 2 is 2.11 bits per heavy atom. The molecule has 1 aliphatic heterocycles. The number of rotatable bonds is 3. The lowest BCUT2D eigenvalue weighted by atomic mass is 10.0. The van der Waals surface area contributed by atoms with Crippen LogP contribution >= 0.6 is 0 Å². The first-order chi connectivity index (χ1) is 8.97. The van der Waals surface area contributed by atoms with E-state index in [1.54, 1.807) is 12.1 Å². The summed E-state index contributed by atoms with van der Waals surface area (Å²) in [5, 5.41) is 5.33. The lowest BCUT2D eigenvalue weighted by Gasteiger charge is -2.23. The second-order valence-corrected chi connectivity index (χ2v) is 5.04. The number of imide groups is 1. The Labute approximate surface area is 111 Å². The molecule has 102 valence electrons. The van der Waals surface area contributed by atoms with E-state index in [9.17, 15) is 14.0 Å². The molecule has 1 atom stereocenters. The van der Waals surface area contributed by atoms with Gasteiger partial charge in [0.25, 0.3) is 0 Å². The first-order valence-electron chi connectivity index (χ1n) is 6.37. The number of halogens is 1. The zero-order valence-electron chi connectivity index (χ0n) is 11.0. The average Bonchev–Trinajstić information content (AvgIpc) is 2.34. The maximum atomic E-state index is 13.6. The maximum absolute atomic E-state index is 13.6. The van der Waals surface area contributed by atoms with Gasteiger partial charge in [0, 0.05) is 12.1 Å². The SMILES string of the molecule is CC(C)c1cc(N[C@H]2CCC(=O)NC2=O)ccc1F. The minimum Gasteiger partial charge on any atom is -0.374 e. The van der Waals surface area contributed by atoms with Crippen LogP contribution < -0.4 is 10.6 Å². The molecule has 0 aliphatic carbocycles. The van der Waals surface area contributed by atoms with Crippen molar-refractivity contribution in [2.75, 3.05) is 5.32 Å². The number of hydrogen-bond donors (Lipinski definition) is 2. The number of piperidine rings is 1. The number of nitrogens with one attached hydrogen (secondary N) is 2. The molecule has 1 aromatic carbocycles. The van der Waals surface area contributed by atoms with Gasteiger partial charge in [-0.2, -0.15) is 0 Å². The van der Waals surface area contributed by atoms with Crippen LogP contribution in [0.25, 0.3) is 0 Å².